The zero-order valence-corrected chi connectivity index (χ0v) is 9.76. The molecule has 0 aliphatic carbocycles. The summed E-state index contributed by atoms with van der Waals surface area (Å²) in [7, 11) is -2.59. The third-order valence-corrected chi connectivity index (χ3v) is 2.70. The van der Waals surface area contributed by atoms with Gasteiger partial charge in [-0.2, -0.15) is 0 Å². The molecule has 0 aliphatic heterocycles. The van der Waals surface area contributed by atoms with Crippen LogP contribution in [0.5, 0.6) is 0 Å². The number of phosphoric ester groups is 1. The van der Waals surface area contributed by atoms with Gasteiger partial charge in [0.15, 0.2) is 0 Å². The lowest BCUT2D eigenvalue weighted by Gasteiger charge is -2.08. The van der Waals surface area contributed by atoms with Crippen molar-refractivity contribution in [1.29, 1.82) is 0 Å². The van der Waals surface area contributed by atoms with Gasteiger partial charge < -0.3 is 10.2 Å². The van der Waals surface area contributed by atoms with Crippen LogP contribution >= 0.6 is 7.82 Å². The van der Waals surface area contributed by atoms with Gasteiger partial charge in [-0.3, -0.25) is 9.05 Å². The average Bonchev–Trinajstić information content (AvgIpc) is 2.16. The molecular weight excluding hydrogens is 205 g/mol. The van der Waals surface area contributed by atoms with Gasteiger partial charge in [-0.1, -0.05) is 6.92 Å². The molecule has 14 heavy (non-hydrogen) atoms. The lowest BCUT2D eigenvalue weighted by molar-refractivity contribution is 0.170. The summed E-state index contributed by atoms with van der Waals surface area (Å²) in [5.74, 6) is 0. The summed E-state index contributed by atoms with van der Waals surface area (Å²) in [6.45, 7) is 4.29. The molecule has 2 N–H and O–H groups in total. The second-order valence-electron chi connectivity index (χ2n) is 2.90. The first-order valence-electron chi connectivity index (χ1n) is 4.86. The van der Waals surface area contributed by atoms with Crippen molar-refractivity contribution in [3.8, 4) is 0 Å². The Morgan fingerprint density at radius 3 is 2.64 bits per heavy atom. The normalized spacial score (nSPS) is 15.4. The quantitative estimate of drug-likeness (QED) is 0.460. The third-order valence-electron chi connectivity index (χ3n) is 1.73. The van der Waals surface area contributed by atoms with Gasteiger partial charge in [0, 0.05) is 7.11 Å². The average molecular weight is 225 g/mol. The SMILES string of the molecule is CCNCCCCCOP(=O)(O)OC. The van der Waals surface area contributed by atoms with E-state index in [1.807, 2.05) is 0 Å². The van der Waals surface area contributed by atoms with E-state index in [-0.39, 0.29) is 6.61 Å². The van der Waals surface area contributed by atoms with Gasteiger partial charge in [-0.15, -0.1) is 0 Å². The van der Waals surface area contributed by atoms with Gasteiger partial charge in [-0.25, -0.2) is 4.57 Å². The van der Waals surface area contributed by atoms with Crippen molar-refractivity contribution in [1.82, 2.24) is 5.32 Å². The minimum Gasteiger partial charge on any atom is -0.317 e. The summed E-state index contributed by atoms with van der Waals surface area (Å²) in [6, 6.07) is 0. The van der Waals surface area contributed by atoms with E-state index in [1.165, 1.54) is 0 Å². The first-order chi connectivity index (χ1) is 6.62. The van der Waals surface area contributed by atoms with Gasteiger partial charge >= 0.3 is 7.82 Å². The highest BCUT2D eigenvalue weighted by Crippen LogP contribution is 2.41. The molecule has 0 fully saturated rings. The maximum Gasteiger partial charge on any atom is 0.471 e. The number of nitrogens with one attached hydrogen (secondary N) is 1. The predicted octanol–water partition coefficient (Wildman–Crippen LogP) is 1.53. The standard InChI is InChI=1S/C8H20NO4P/c1-3-9-7-5-4-6-8-13-14(10,11)12-2/h9H,3-8H2,1-2H3,(H,10,11). The predicted molar refractivity (Wildman–Crippen MR) is 55.2 cm³/mol. The fourth-order valence-corrected chi connectivity index (χ4v) is 1.40. The molecule has 0 aromatic carbocycles. The molecule has 5 nitrogen and oxygen atoms in total. The van der Waals surface area contributed by atoms with Crippen LogP contribution in [-0.2, 0) is 13.6 Å². The molecule has 0 radical (unpaired) electrons. The third kappa shape index (κ3) is 8.66. The molecule has 0 aromatic rings. The van der Waals surface area contributed by atoms with E-state index in [9.17, 15) is 4.57 Å². The van der Waals surface area contributed by atoms with Gasteiger partial charge in [-0.05, 0) is 32.4 Å². The maximum absolute atomic E-state index is 10.8. The van der Waals surface area contributed by atoms with Crippen LogP contribution in [0.2, 0.25) is 0 Å². The molecule has 0 aromatic heterocycles. The first kappa shape index (κ1) is 14.1. The van der Waals surface area contributed by atoms with Crippen LogP contribution in [0.4, 0.5) is 0 Å². The number of hydrogen-bond acceptors (Lipinski definition) is 4. The lowest BCUT2D eigenvalue weighted by atomic mass is 10.2. The van der Waals surface area contributed by atoms with E-state index in [2.05, 4.69) is 21.3 Å². The minimum atomic E-state index is -3.75. The second kappa shape index (κ2) is 8.38. The van der Waals surface area contributed by atoms with Crippen molar-refractivity contribution in [3.05, 3.63) is 0 Å². The van der Waals surface area contributed by atoms with E-state index >= 15 is 0 Å². The molecule has 0 spiro atoms. The highest BCUT2D eigenvalue weighted by molar-refractivity contribution is 7.47. The monoisotopic (exact) mass is 225 g/mol. The molecular formula is C8H20NO4P. The van der Waals surface area contributed by atoms with E-state index in [4.69, 9.17) is 4.89 Å². The molecule has 1 atom stereocenters. The zero-order chi connectivity index (χ0) is 10.9. The lowest BCUT2D eigenvalue weighted by Crippen LogP contribution is -2.13. The van der Waals surface area contributed by atoms with Crippen LogP contribution in [0.1, 0.15) is 26.2 Å². The van der Waals surface area contributed by atoms with E-state index in [1.54, 1.807) is 0 Å². The molecule has 1 unspecified atom stereocenters. The van der Waals surface area contributed by atoms with Crippen molar-refractivity contribution in [2.45, 2.75) is 26.2 Å². The summed E-state index contributed by atoms with van der Waals surface area (Å²) in [4.78, 5) is 8.86. The van der Waals surface area contributed by atoms with Gasteiger partial charge in [0.1, 0.15) is 0 Å². The van der Waals surface area contributed by atoms with E-state index in [0.29, 0.717) is 0 Å². The smallest absolute Gasteiger partial charge is 0.317 e. The number of unbranched alkanes of at least 4 members (excludes halogenated alkanes) is 2. The fourth-order valence-electron chi connectivity index (χ4n) is 0.938. The van der Waals surface area contributed by atoms with Crippen LogP contribution in [-0.4, -0.2) is 31.7 Å². The Balaban J connectivity index is 3.17. The van der Waals surface area contributed by atoms with Gasteiger partial charge in [0.2, 0.25) is 0 Å². The Morgan fingerprint density at radius 1 is 1.36 bits per heavy atom. The molecule has 0 bridgehead atoms. The Labute approximate surface area is 85.4 Å². The molecule has 0 saturated heterocycles. The fraction of sp³-hybridized carbons (Fsp3) is 1.00. The zero-order valence-electron chi connectivity index (χ0n) is 8.86. The number of phosphoric acid groups is 1. The summed E-state index contributed by atoms with van der Waals surface area (Å²) in [6.07, 6.45) is 2.82. The second-order valence-corrected chi connectivity index (χ2v) is 4.46. The number of hydrogen-bond donors (Lipinski definition) is 2. The minimum absolute atomic E-state index is 0.272. The van der Waals surface area contributed by atoms with Crippen molar-refractivity contribution < 1.29 is 18.5 Å². The van der Waals surface area contributed by atoms with Gasteiger partial charge in [0.05, 0.1) is 6.61 Å². The van der Waals surface area contributed by atoms with Crippen molar-refractivity contribution in [2.75, 3.05) is 26.8 Å². The Morgan fingerprint density at radius 2 is 2.07 bits per heavy atom. The molecule has 0 saturated carbocycles. The van der Waals surface area contributed by atoms with Crippen LogP contribution < -0.4 is 5.32 Å². The Hall–Kier alpha value is 0.0700. The van der Waals surface area contributed by atoms with Crippen molar-refractivity contribution >= 4 is 7.82 Å². The first-order valence-corrected chi connectivity index (χ1v) is 6.35. The Bertz CT molecular complexity index is 177. The van der Waals surface area contributed by atoms with Crippen LogP contribution in [0.3, 0.4) is 0 Å². The van der Waals surface area contributed by atoms with Crippen molar-refractivity contribution in [3.63, 3.8) is 0 Å². The summed E-state index contributed by atoms with van der Waals surface area (Å²) >= 11 is 0. The molecule has 0 aliphatic rings. The van der Waals surface area contributed by atoms with Crippen molar-refractivity contribution in [2.24, 2.45) is 0 Å². The van der Waals surface area contributed by atoms with Crippen LogP contribution in [0, 0.1) is 0 Å². The summed E-state index contributed by atoms with van der Waals surface area (Å²) < 4.78 is 19.7. The van der Waals surface area contributed by atoms with Crippen LogP contribution in [0.25, 0.3) is 0 Å². The topological polar surface area (TPSA) is 67.8 Å². The highest BCUT2D eigenvalue weighted by Gasteiger charge is 2.16. The summed E-state index contributed by atoms with van der Waals surface area (Å²) in [5.41, 5.74) is 0. The molecule has 86 valence electrons. The Kier molecular flexibility index (Phi) is 8.43. The largest absolute Gasteiger partial charge is 0.471 e. The molecule has 0 heterocycles. The molecule has 0 amide bonds. The summed E-state index contributed by atoms with van der Waals surface area (Å²) in [5, 5.41) is 3.20. The van der Waals surface area contributed by atoms with Crippen LogP contribution in [0.15, 0.2) is 0 Å². The highest BCUT2D eigenvalue weighted by atomic mass is 31.2. The maximum atomic E-state index is 10.8. The van der Waals surface area contributed by atoms with Gasteiger partial charge in [0.25, 0.3) is 0 Å². The van der Waals surface area contributed by atoms with E-state index in [0.717, 1.165) is 39.5 Å². The molecule has 6 heteroatoms. The molecule has 0 rings (SSSR count). The number of rotatable bonds is 9. The van der Waals surface area contributed by atoms with E-state index < -0.39 is 7.82 Å².